The van der Waals surface area contributed by atoms with Gasteiger partial charge in [0.25, 0.3) is 0 Å². The maximum absolute atomic E-state index is 5.78. The molecule has 1 aliphatic heterocycles. The van der Waals surface area contributed by atoms with Gasteiger partial charge in [-0.05, 0) is 45.0 Å². The van der Waals surface area contributed by atoms with Gasteiger partial charge in [-0.2, -0.15) is 0 Å². The number of piperidine rings is 1. The highest BCUT2D eigenvalue weighted by Gasteiger charge is 2.09. The molecule has 106 valence electrons. The third kappa shape index (κ3) is 3.07. The molecule has 1 aliphatic rings. The van der Waals surface area contributed by atoms with Crippen LogP contribution in [0.15, 0.2) is 24.4 Å². The van der Waals surface area contributed by atoms with Crippen LogP contribution in [0.4, 0.5) is 0 Å². The van der Waals surface area contributed by atoms with Crippen molar-refractivity contribution in [2.45, 2.75) is 26.2 Å². The number of aryl methyl sites for hydroxylation is 1. The Morgan fingerprint density at radius 2 is 2.00 bits per heavy atom. The molecule has 0 bridgehead atoms. The van der Waals surface area contributed by atoms with Gasteiger partial charge >= 0.3 is 0 Å². The van der Waals surface area contributed by atoms with Gasteiger partial charge in [0, 0.05) is 29.9 Å². The van der Waals surface area contributed by atoms with Gasteiger partial charge in [-0.3, -0.25) is 9.88 Å². The van der Waals surface area contributed by atoms with Crippen molar-refractivity contribution < 1.29 is 4.74 Å². The highest BCUT2D eigenvalue weighted by atomic mass is 16.5. The Balaban J connectivity index is 1.60. The second-order valence-corrected chi connectivity index (χ2v) is 5.36. The number of ether oxygens (including phenoxy) is 1. The molecule has 2 aromatic heterocycles. The quantitative estimate of drug-likeness (QED) is 0.857. The van der Waals surface area contributed by atoms with Crippen LogP contribution < -0.4 is 4.74 Å². The Morgan fingerprint density at radius 3 is 2.85 bits per heavy atom. The number of likely N-dealkylation sites (tertiary alicyclic amines) is 1. The van der Waals surface area contributed by atoms with E-state index in [1.165, 1.54) is 32.4 Å². The van der Waals surface area contributed by atoms with Gasteiger partial charge in [-0.15, -0.1) is 0 Å². The zero-order valence-electron chi connectivity index (χ0n) is 12.0. The summed E-state index contributed by atoms with van der Waals surface area (Å²) in [6, 6.07) is 5.91. The average molecular weight is 271 g/mol. The Kier molecular flexibility index (Phi) is 4.11. The lowest BCUT2D eigenvalue weighted by molar-refractivity contribution is 0.181. The normalized spacial score (nSPS) is 16.4. The van der Waals surface area contributed by atoms with Gasteiger partial charge < -0.3 is 4.74 Å². The standard InChI is InChI=1S/C16H21N3O/c1-13-14-5-6-16(18-15(14)7-8-17-13)20-12-11-19-9-3-2-4-10-19/h5-8H,2-4,9-12H2,1H3. The van der Waals surface area contributed by atoms with Crippen LogP contribution in [-0.2, 0) is 0 Å². The summed E-state index contributed by atoms with van der Waals surface area (Å²) in [5, 5.41) is 1.09. The number of fused-ring (bicyclic) bond motifs is 1. The maximum Gasteiger partial charge on any atom is 0.213 e. The molecule has 0 radical (unpaired) electrons. The molecule has 3 heterocycles. The van der Waals surface area contributed by atoms with Crippen LogP contribution in [0, 0.1) is 6.92 Å². The fourth-order valence-electron chi connectivity index (χ4n) is 2.72. The van der Waals surface area contributed by atoms with Crippen molar-refractivity contribution in [3.8, 4) is 5.88 Å². The molecule has 3 rings (SSSR count). The van der Waals surface area contributed by atoms with Crippen molar-refractivity contribution in [3.63, 3.8) is 0 Å². The molecule has 2 aromatic rings. The first-order chi connectivity index (χ1) is 9.83. The minimum Gasteiger partial charge on any atom is -0.476 e. The fraction of sp³-hybridized carbons (Fsp3) is 0.500. The van der Waals surface area contributed by atoms with E-state index in [2.05, 4.69) is 14.9 Å². The summed E-state index contributed by atoms with van der Waals surface area (Å²) in [7, 11) is 0. The minimum atomic E-state index is 0.708. The second kappa shape index (κ2) is 6.18. The van der Waals surface area contributed by atoms with Crippen molar-refractivity contribution in [3.05, 3.63) is 30.1 Å². The molecule has 0 saturated carbocycles. The third-order valence-corrected chi connectivity index (χ3v) is 3.90. The number of hydrogen-bond donors (Lipinski definition) is 0. The SMILES string of the molecule is Cc1nccc2nc(OCCN3CCCCC3)ccc12. The Labute approximate surface area is 119 Å². The number of nitrogens with zero attached hydrogens (tertiary/aromatic N) is 3. The minimum absolute atomic E-state index is 0.708. The largest absolute Gasteiger partial charge is 0.476 e. The summed E-state index contributed by atoms with van der Waals surface area (Å²) < 4.78 is 5.78. The summed E-state index contributed by atoms with van der Waals surface area (Å²) >= 11 is 0. The van der Waals surface area contributed by atoms with Crippen molar-refractivity contribution >= 4 is 10.9 Å². The average Bonchev–Trinajstić information content (AvgIpc) is 2.48. The number of aromatic nitrogens is 2. The monoisotopic (exact) mass is 271 g/mol. The van der Waals surface area contributed by atoms with Crippen LogP contribution in [0.5, 0.6) is 5.88 Å². The topological polar surface area (TPSA) is 38.3 Å². The molecule has 20 heavy (non-hydrogen) atoms. The van der Waals surface area contributed by atoms with E-state index in [0.29, 0.717) is 12.5 Å². The van der Waals surface area contributed by atoms with Crippen LogP contribution in [-0.4, -0.2) is 41.1 Å². The van der Waals surface area contributed by atoms with Crippen molar-refractivity contribution in [1.29, 1.82) is 0 Å². The number of pyridine rings is 2. The summed E-state index contributed by atoms with van der Waals surface area (Å²) in [6.45, 7) is 6.12. The van der Waals surface area contributed by atoms with E-state index < -0.39 is 0 Å². The van der Waals surface area contributed by atoms with Crippen LogP contribution >= 0.6 is 0 Å². The lowest BCUT2D eigenvalue weighted by Gasteiger charge is -2.26. The molecule has 0 aliphatic carbocycles. The number of hydrogen-bond acceptors (Lipinski definition) is 4. The third-order valence-electron chi connectivity index (χ3n) is 3.90. The fourth-order valence-corrected chi connectivity index (χ4v) is 2.72. The molecule has 0 aromatic carbocycles. The molecular weight excluding hydrogens is 250 g/mol. The molecule has 0 spiro atoms. The van der Waals surface area contributed by atoms with E-state index in [4.69, 9.17) is 4.74 Å². The molecular formula is C16H21N3O. The van der Waals surface area contributed by atoms with E-state index in [1.54, 1.807) is 6.20 Å². The van der Waals surface area contributed by atoms with Gasteiger partial charge in [0.15, 0.2) is 0 Å². The van der Waals surface area contributed by atoms with Crippen molar-refractivity contribution in [2.75, 3.05) is 26.2 Å². The van der Waals surface area contributed by atoms with E-state index >= 15 is 0 Å². The van der Waals surface area contributed by atoms with E-state index in [-0.39, 0.29) is 0 Å². The lowest BCUT2D eigenvalue weighted by Crippen LogP contribution is -2.33. The van der Waals surface area contributed by atoms with Crippen molar-refractivity contribution in [2.24, 2.45) is 0 Å². The van der Waals surface area contributed by atoms with Crippen LogP contribution in [0.25, 0.3) is 10.9 Å². The van der Waals surface area contributed by atoms with E-state index in [1.807, 2.05) is 25.1 Å². The molecule has 1 saturated heterocycles. The van der Waals surface area contributed by atoms with Crippen LogP contribution in [0.2, 0.25) is 0 Å². The first kappa shape index (κ1) is 13.3. The second-order valence-electron chi connectivity index (χ2n) is 5.36. The first-order valence-corrected chi connectivity index (χ1v) is 7.40. The van der Waals surface area contributed by atoms with Crippen molar-refractivity contribution in [1.82, 2.24) is 14.9 Å². The maximum atomic E-state index is 5.78. The first-order valence-electron chi connectivity index (χ1n) is 7.40. The summed E-state index contributed by atoms with van der Waals surface area (Å²) in [6.07, 6.45) is 5.81. The molecule has 1 fully saturated rings. The predicted molar refractivity (Wildman–Crippen MR) is 80.1 cm³/mol. The Hall–Kier alpha value is -1.68. The van der Waals surface area contributed by atoms with Gasteiger partial charge in [-0.1, -0.05) is 6.42 Å². The lowest BCUT2D eigenvalue weighted by atomic mass is 10.1. The highest BCUT2D eigenvalue weighted by molar-refractivity contribution is 5.80. The van der Waals surface area contributed by atoms with E-state index in [9.17, 15) is 0 Å². The molecule has 0 atom stereocenters. The summed E-state index contributed by atoms with van der Waals surface area (Å²) in [5.41, 5.74) is 1.96. The van der Waals surface area contributed by atoms with Crippen LogP contribution in [0.1, 0.15) is 25.0 Å². The zero-order valence-corrected chi connectivity index (χ0v) is 12.0. The Morgan fingerprint density at radius 1 is 1.15 bits per heavy atom. The van der Waals surface area contributed by atoms with Gasteiger partial charge in [0.1, 0.15) is 6.61 Å². The summed E-state index contributed by atoms with van der Waals surface area (Å²) in [5.74, 6) is 0.708. The molecule has 0 amide bonds. The smallest absolute Gasteiger partial charge is 0.213 e. The van der Waals surface area contributed by atoms with Gasteiger partial charge in [0.05, 0.1) is 5.52 Å². The molecule has 0 unspecified atom stereocenters. The Bertz CT molecular complexity index is 579. The van der Waals surface area contributed by atoms with Gasteiger partial charge in [-0.25, -0.2) is 4.98 Å². The summed E-state index contributed by atoms with van der Waals surface area (Å²) in [4.78, 5) is 11.3. The van der Waals surface area contributed by atoms with E-state index in [0.717, 1.165) is 23.1 Å². The highest BCUT2D eigenvalue weighted by Crippen LogP contribution is 2.18. The number of rotatable bonds is 4. The predicted octanol–water partition coefficient (Wildman–Crippen LogP) is 2.80. The molecule has 4 heteroatoms. The molecule has 0 N–H and O–H groups in total. The molecule has 4 nitrogen and oxygen atoms in total. The zero-order chi connectivity index (χ0) is 13.8. The van der Waals surface area contributed by atoms with Gasteiger partial charge in [0.2, 0.25) is 5.88 Å². The van der Waals surface area contributed by atoms with Crippen LogP contribution in [0.3, 0.4) is 0 Å².